The van der Waals surface area contributed by atoms with Crippen LogP contribution in [-0.2, 0) is 16.0 Å². The second-order valence-corrected chi connectivity index (χ2v) is 5.89. The quantitative estimate of drug-likeness (QED) is 0.820. The maximum absolute atomic E-state index is 11.5. The summed E-state index contributed by atoms with van der Waals surface area (Å²) < 4.78 is 4.70. The van der Waals surface area contributed by atoms with E-state index in [0.717, 1.165) is 10.4 Å². The molecule has 7 heteroatoms. The lowest BCUT2D eigenvalue weighted by molar-refractivity contribution is -0.117. The fraction of sp³-hybridized carbons (Fsp3) is 0.267. The summed E-state index contributed by atoms with van der Waals surface area (Å²) in [5.74, 6) is -0.635. The Morgan fingerprint density at radius 3 is 2.91 bits per heavy atom. The molecule has 3 N–H and O–H groups in total. The highest BCUT2D eigenvalue weighted by atomic mass is 32.1. The number of esters is 1. The van der Waals surface area contributed by atoms with E-state index in [2.05, 4.69) is 10.3 Å². The van der Waals surface area contributed by atoms with E-state index in [9.17, 15) is 9.59 Å². The minimum absolute atomic E-state index is 0.270. The van der Waals surface area contributed by atoms with Crippen molar-refractivity contribution in [3.05, 3.63) is 46.5 Å². The van der Waals surface area contributed by atoms with Crippen LogP contribution in [0.15, 0.2) is 30.5 Å². The number of anilines is 1. The molecule has 0 fully saturated rings. The van der Waals surface area contributed by atoms with Gasteiger partial charge in [0.05, 0.1) is 18.7 Å². The number of amides is 1. The third kappa shape index (κ3) is 4.12. The van der Waals surface area contributed by atoms with Gasteiger partial charge in [-0.05, 0) is 24.6 Å². The summed E-state index contributed by atoms with van der Waals surface area (Å²) in [6.45, 7) is 1.61. The summed E-state index contributed by atoms with van der Waals surface area (Å²) >= 11 is 1.38. The van der Waals surface area contributed by atoms with Gasteiger partial charge in [-0.15, -0.1) is 11.3 Å². The number of carbonyl (C=O) groups is 2. The molecule has 0 radical (unpaired) electrons. The maximum atomic E-state index is 11.5. The number of benzene rings is 1. The summed E-state index contributed by atoms with van der Waals surface area (Å²) in [5, 5.41) is 3.17. The van der Waals surface area contributed by atoms with Gasteiger partial charge < -0.3 is 15.8 Å². The van der Waals surface area contributed by atoms with Gasteiger partial charge in [0, 0.05) is 17.5 Å². The van der Waals surface area contributed by atoms with E-state index in [1.807, 2.05) is 6.07 Å². The molecule has 0 aliphatic carbocycles. The van der Waals surface area contributed by atoms with Gasteiger partial charge in [0.15, 0.2) is 5.13 Å². The van der Waals surface area contributed by atoms with Gasteiger partial charge in [-0.25, -0.2) is 9.78 Å². The van der Waals surface area contributed by atoms with Crippen LogP contribution in [-0.4, -0.2) is 30.0 Å². The fourth-order valence-corrected chi connectivity index (χ4v) is 2.64. The van der Waals surface area contributed by atoms with E-state index in [-0.39, 0.29) is 11.9 Å². The first-order valence-corrected chi connectivity index (χ1v) is 7.49. The second kappa shape index (κ2) is 7.15. The molecule has 0 saturated carbocycles. The van der Waals surface area contributed by atoms with Crippen molar-refractivity contribution in [2.24, 2.45) is 5.73 Å². The zero-order valence-corrected chi connectivity index (χ0v) is 13.1. The lowest BCUT2D eigenvalue weighted by Gasteiger charge is -2.04. The number of hydrogen-bond donors (Lipinski definition) is 2. The minimum atomic E-state index is -0.580. The average molecular weight is 319 g/mol. The van der Waals surface area contributed by atoms with Crippen molar-refractivity contribution >= 4 is 28.3 Å². The highest BCUT2D eigenvalue weighted by molar-refractivity contribution is 7.15. The average Bonchev–Trinajstić information content (AvgIpc) is 2.93. The summed E-state index contributed by atoms with van der Waals surface area (Å²) in [7, 11) is 1.35. The number of nitrogens with two attached hydrogens (primary N) is 1. The van der Waals surface area contributed by atoms with Crippen molar-refractivity contribution in [2.75, 3.05) is 12.4 Å². The zero-order valence-electron chi connectivity index (χ0n) is 12.3. The topological polar surface area (TPSA) is 94.3 Å². The van der Waals surface area contributed by atoms with Crippen LogP contribution in [0, 0.1) is 0 Å². The number of nitrogens with one attached hydrogen (secondary N) is 1. The molecule has 1 aromatic carbocycles. The molecule has 0 bridgehead atoms. The van der Waals surface area contributed by atoms with Crippen LogP contribution < -0.4 is 11.1 Å². The number of rotatable bonds is 5. The largest absolute Gasteiger partial charge is 0.465 e. The molecule has 2 rings (SSSR count). The van der Waals surface area contributed by atoms with Crippen molar-refractivity contribution < 1.29 is 14.3 Å². The normalized spacial score (nSPS) is 11.8. The minimum Gasteiger partial charge on any atom is -0.465 e. The van der Waals surface area contributed by atoms with Crippen molar-refractivity contribution in [1.82, 2.24) is 4.98 Å². The van der Waals surface area contributed by atoms with E-state index in [1.165, 1.54) is 18.4 Å². The van der Waals surface area contributed by atoms with Crippen LogP contribution in [0.3, 0.4) is 0 Å². The Labute approximate surface area is 132 Å². The Bertz CT molecular complexity index is 682. The van der Waals surface area contributed by atoms with Crippen molar-refractivity contribution in [3.63, 3.8) is 0 Å². The lowest BCUT2D eigenvalue weighted by Crippen LogP contribution is -2.32. The fourth-order valence-electron chi connectivity index (χ4n) is 1.79. The van der Waals surface area contributed by atoms with Gasteiger partial charge in [-0.2, -0.15) is 0 Å². The maximum Gasteiger partial charge on any atom is 0.337 e. The molecule has 2 aromatic rings. The number of methoxy groups -OCH3 is 1. The third-order valence-corrected chi connectivity index (χ3v) is 3.84. The Morgan fingerprint density at radius 2 is 2.23 bits per heavy atom. The van der Waals surface area contributed by atoms with Crippen molar-refractivity contribution in [2.45, 2.75) is 19.4 Å². The molecular formula is C15H17N3O3S. The van der Waals surface area contributed by atoms with Crippen LogP contribution in [0.2, 0.25) is 0 Å². The van der Waals surface area contributed by atoms with Crippen LogP contribution >= 0.6 is 11.3 Å². The molecule has 22 heavy (non-hydrogen) atoms. The predicted octanol–water partition coefficient (Wildman–Crippen LogP) is 1.81. The molecule has 0 spiro atoms. The zero-order chi connectivity index (χ0) is 16.1. The first-order valence-electron chi connectivity index (χ1n) is 6.68. The van der Waals surface area contributed by atoms with Gasteiger partial charge in [-0.3, -0.25) is 4.79 Å². The Balaban J connectivity index is 2.07. The highest BCUT2D eigenvalue weighted by Crippen LogP contribution is 2.21. The Morgan fingerprint density at radius 1 is 1.45 bits per heavy atom. The van der Waals surface area contributed by atoms with Crippen LogP contribution in [0.1, 0.15) is 27.7 Å². The molecule has 0 aliphatic rings. The molecule has 1 atom stereocenters. The first-order chi connectivity index (χ1) is 10.5. The summed E-state index contributed by atoms with van der Waals surface area (Å²) in [6.07, 6.45) is 2.32. The van der Waals surface area contributed by atoms with Crippen molar-refractivity contribution in [3.8, 4) is 0 Å². The smallest absolute Gasteiger partial charge is 0.337 e. The molecular weight excluding hydrogens is 302 g/mol. The summed E-state index contributed by atoms with van der Waals surface area (Å²) in [6, 6.07) is 6.64. The Kier molecular flexibility index (Phi) is 5.24. The van der Waals surface area contributed by atoms with E-state index in [1.54, 1.807) is 31.3 Å². The van der Waals surface area contributed by atoms with E-state index >= 15 is 0 Å². The Hall–Kier alpha value is -2.25. The van der Waals surface area contributed by atoms with Crippen LogP contribution in [0.4, 0.5) is 5.13 Å². The first kappa shape index (κ1) is 16.1. The number of thiazole rings is 1. The van der Waals surface area contributed by atoms with Gasteiger partial charge in [-0.1, -0.05) is 12.1 Å². The lowest BCUT2D eigenvalue weighted by atomic mass is 10.1. The van der Waals surface area contributed by atoms with Gasteiger partial charge in [0.2, 0.25) is 5.91 Å². The van der Waals surface area contributed by atoms with Gasteiger partial charge in [0.1, 0.15) is 0 Å². The number of nitrogens with zero attached hydrogens (tertiary/aromatic N) is 1. The molecule has 0 aliphatic heterocycles. The molecule has 0 unspecified atom stereocenters. The number of hydrogen-bond acceptors (Lipinski definition) is 6. The molecule has 1 aromatic heterocycles. The SMILES string of the molecule is COC(=O)c1cccc(Cc2cnc(NC(=O)[C@@H](C)N)s2)c1. The van der Waals surface area contributed by atoms with Gasteiger partial charge in [0.25, 0.3) is 0 Å². The molecule has 0 saturated heterocycles. The summed E-state index contributed by atoms with van der Waals surface area (Å²) in [4.78, 5) is 28.1. The van der Waals surface area contributed by atoms with E-state index in [4.69, 9.17) is 10.5 Å². The van der Waals surface area contributed by atoms with Gasteiger partial charge >= 0.3 is 5.97 Å². The van der Waals surface area contributed by atoms with E-state index < -0.39 is 6.04 Å². The number of aromatic nitrogens is 1. The third-order valence-electron chi connectivity index (χ3n) is 2.92. The molecule has 116 valence electrons. The van der Waals surface area contributed by atoms with Crippen LogP contribution in [0.25, 0.3) is 0 Å². The number of ether oxygens (including phenoxy) is 1. The van der Waals surface area contributed by atoms with Crippen LogP contribution in [0.5, 0.6) is 0 Å². The predicted molar refractivity (Wildman–Crippen MR) is 85.0 cm³/mol. The molecule has 6 nitrogen and oxygen atoms in total. The van der Waals surface area contributed by atoms with E-state index in [0.29, 0.717) is 17.1 Å². The van der Waals surface area contributed by atoms with Crippen molar-refractivity contribution in [1.29, 1.82) is 0 Å². The standard InChI is InChI=1S/C15H17N3O3S/c1-9(16)13(19)18-15-17-8-12(22-15)7-10-4-3-5-11(6-10)14(20)21-2/h3-6,8-9H,7,16H2,1-2H3,(H,17,18,19)/t9-/m1/s1. The monoisotopic (exact) mass is 319 g/mol. The highest BCUT2D eigenvalue weighted by Gasteiger charge is 2.11. The number of carbonyl (C=O) groups excluding carboxylic acids is 2. The summed E-state index contributed by atoms with van der Waals surface area (Å²) in [5.41, 5.74) is 6.97. The second-order valence-electron chi connectivity index (χ2n) is 4.78. The molecule has 1 amide bonds. The molecule has 1 heterocycles.